The average molecular weight is 434 g/mol. The Labute approximate surface area is 178 Å². The first-order valence-corrected chi connectivity index (χ1v) is 10.7. The van der Waals surface area contributed by atoms with Crippen molar-refractivity contribution < 1.29 is 18.3 Å². The van der Waals surface area contributed by atoms with Crippen LogP contribution in [0, 0.1) is 0 Å². The molecule has 0 aromatic heterocycles. The van der Waals surface area contributed by atoms with Gasteiger partial charge in [0.05, 0.1) is 16.3 Å². The molecule has 3 aromatic rings. The number of nitrogens with zero attached hydrogens (tertiary/aromatic N) is 1. The molecular weight excluding hydrogens is 416 g/mol. The summed E-state index contributed by atoms with van der Waals surface area (Å²) >= 11 is 0. The normalized spacial score (nSPS) is 14.6. The number of benzene rings is 3. The number of phenols is 1. The van der Waals surface area contributed by atoms with Gasteiger partial charge in [0.2, 0.25) is 10.0 Å². The van der Waals surface area contributed by atoms with E-state index in [-0.39, 0.29) is 22.3 Å². The number of hydrazone groups is 1. The van der Waals surface area contributed by atoms with Crippen LogP contribution in [-0.2, 0) is 14.8 Å². The average Bonchev–Trinajstić information content (AvgIpc) is 3.07. The molecule has 0 spiro atoms. The van der Waals surface area contributed by atoms with Gasteiger partial charge in [-0.25, -0.2) is 13.6 Å². The molecule has 1 aliphatic rings. The summed E-state index contributed by atoms with van der Waals surface area (Å²) in [5.74, 6) is -0.167. The highest BCUT2D eigenvalue weighted by molar-refractivity contribution is 7.89. The Morgan fingerprint density at radius 3 is 2.35 bits per heavy atom. The van der Waals surface area contributed by atoms with Gasteiger partial charge >= 0.3 is 0 Å². The molecule has 0 unspecified atom stereocenters. The fraction of sp³-hybridized carbons (Fsp3) is 0. The number of hydrogen-bond donors (Lipinski definition) is 4. The Morgan fingerprint density at radius 2 is 1.68 bits per heavy atom. The van der Waals surface area contributed by atoms with Crippen molar-refractivity contribution in [1.82, 2.24) is 0 Å². The van der Waals surface area contributed by atoms with Crippen molar-refractivity contribution in [2.45, 2.75) is 4.90 Å². The number of aromatic hydroxyl groups is 1. The molecule has 0 bridgehead atoms. The lowest BCUT2D eigenvalue weighted by Gasteiger charge is -2.05. The lowest BCUT2D eigenvalue weighted by Crippen LogP contribution is -2.16. The molecule has 0 fully saturated rings. The molecule has 1 amide bonds. The number of hydrogen-bond acceptors (Lipinski definition) is 6. The van der Waals surface area contributed by atoms with Crippen LogP contribution in [0.1, 0.15) is 16.7 Å². The van der Waals surface area contributed by atoms with Crippen LogP contribution in [0.5, 0.6) is 5.75 Å². The number of phenolic OH excluding ortho intramolecular Hbond substituents is 1. The quantitative estimate of drug-likeness (QED) is 0.362. The van der Waals surface area contributed by atoms with Crippen molar-refractivity contribution in [3.8, 4) is 5.75 Å². The zero-order valence-corrected chi connectivity index (χ0v) is 16.9. The van der Waals surface area contributed by atoms with Crippen LogP contribution >= 0.6 is 0 Å². The SMILES string of the molecule is NS(=O)(=O)c1ccc(N/N=C2\C(=O)Nc3cccc(/C=C/c4ccc(O)cc4)c32)cc1. The summed E-state index contributed by atoms with van der Waals surface area (Å²) < 4.78 is 22.7. The highest BCUT2D eigenvalue weighted by Crippen LogP contribution is 2.28. The Bertz CT molecular complexity index is 1310. The summed E-state index contributed by atoms with van der Waals surface area (Å²) in [6.45, 7) is 0. The molecule has 1 aliphatic heterocycles. The number of carbonyl (C=O) groups excluding carboxylic acids is 1. The monoisotopic (exact) mass is 434 g/mol. The van der Waals surface area contributed by atoms with E-state index in [4.69, 9.17) is 5.14 Å². The minimum Gasteiger partial charge on any atom is -0.508 e. The molecule has 9 heteroatoms. The molecule has 5 N–H and O–H groups in total. The first-order valence-electron chi connectivity index (χ1n) is 9.20. The number of sulfonamides is 1. The second-order valence-electron chi connectivity index (χ2n) is 6.79. The predicted octanol–water partition coefficient (Wildman–Crippen LogP) is 2.98. The summed E-state index contributed by atoms with van der Waals surface area (Å²) in [7, 11) is -3.79. The fourth-order valence-electron chi connectivity index (χ4n) is 3.09. The minimum atomic E-state index is -3.79. The van der Waals surface area contributed by atoms with Gasteiger partial charge in [-0.15, -0.1) is 0 Å². The van der Waals surface area contributed by atoms with Crippen LogP contribution in [0.25, 0.3) is 12.2 Å². The molecule has 31 heavy (non-hydrogen) atoms. The maximum atomic E-state index is 12.5. The summed E-state index contributed by atoms with van der Waals surface area (Å²) in [5.41, 5.74) is 6.45. The third-order valence-corrected chi connectivity index (χ3v) is 5.55. The van der Waals surface area contributed by atoms with E-state index in [2.05, 4.69) is 15.8 Å². The van der Waals surface area contributed by atoms with Crippen molar-refractivity contribution in [2.75, 3.05) is 10.7 Å². The highest BCUT2D eigenvalue weighted by Gasteiger charge is 2.28. The van der Waals surface area contributed by atoms with Crippen molar-refractivity contribution in [1.29, 1.82) is 0 Å². The van der Waals surface area contributed by atoms with Crippen LogP contribution in [0.4, 0.5) is 11.4 Å². The van der Waals surface area contributed by atoms with Crippen LogP contribution in [0.2, 0.25) is 0 Å². The number of anilines is 2. The number of rotatable bonds is 5. The molecule has 0 atom stereocenters. The highest BCUT2D eigenvalue weighted by atomic mass is 32.2. The van der Waals surface area contributed by atoms with Crippen LogP contribution in [0.3, 0.4) is 0 Å². The van der Waals surface area contributed by atoms with E-state index in [0.29, 0.717) is 16.9 Å². The third-order valence-electron chi connectivity index (χ3n) is 4.62. The van der Waals surface area contributed by atoms with Gasteiger partial charge in [0.25, 0.3) is 5.91 Å². The molecule has 156 valence electrons. The van der Waals surface area contributed by atoms with Gasteiger partial charge in [0.1, 0.15) is 5.75 Å². The zero-order valence-electron chi connectivity index (χ0n) is 16.1. The van der Waals surface area contributed by atoms with Crippen molar-refractivity contribution in [3.05, 3.63) is 83.4 Å². The number of amides is 1. The van der Waals surface area contributed by atoms with Crippen LogP contribution in [-0.4, -0.2) is 25.1 Å². The number of carbonyl (C=O) groups is 1. The van der Waals surface area contributed by atoms with Gasteiger partial charge in [-0.05, 0) is 53.6 Å². The number of nitrogens with two attached hydrogens (primary N) is 1. The second-order valence-corrected chi connectivity index (χ2v) is 8.35. The maximum Gasteiger partial charge on any atom is 0.276 e. The van der Waals surface area contributed by atoms with Gasteiger partial charge in [-0.1, -0.05) is 36.4 Å². The Kier molecular flexibility index (Phi) is 5.28. The van der Waals surface area contributed by atoms with E-state index >= 15 is 0 Å². The second kappa shape index (κ2) is 8.05. The molecule has 0 saturated carbocycles. The van der Waals surface area contributed by atoms with E-state index in [1.54, 1.807) is 30.3 Å². The Morgan fingerprint density at radius 1 is 0.968 bits per heavy atom. The smallest absolute Gasteiger partial charge is 0.276 e. The van der Waals surface area contributed by atoms with E-state index in [1.165, 1.54) is 24.3 Å². The predicted molar refractivity (Wildman–Crippen MR) is 120 cm³/mol. The minimum absolute atomic E-state index is 0.0173. The number of nitrogens with one attached hydrogen (secondary N) is 2. The standard InChI is InChI=1S/C22H18N4O4S/c23-31(29,30)18-12-8-16(9-13-18)25-26-21-20-15(2-1-3-19(20)24-22(21)28)7-4-14-5-10-17(27)11-6-14/h1-13,25,27H,(H2,23,29,30)(H,24,26,28)/b7-4+. The summed E-state index contributed by atoms with van der Waals surface area (Å²) in [5, 5.41) is 21.5. The van der Waals surface area contributed by atoms with Gasteiger partial charge in [-0.3, -0.25) is 10.2 Å². The summed E-state index contributed by atoms with van der Waals surface area (Å²) in [6, 6.07) is 18.0. The van der Waals surface area contributed by atoms with E-state index in [1.807, 2.05) is 24.3 Å². The van der Waals surface area contributed by atoms with Crippen molar-refractivity contribution in [2.24, 2.45) is 10.2 Å². The van der Waals surface area contributed by atoms with E-state index in [9.17, 15) is 18.3 Å². The van der Waals surface area contributed by atoms with Crippen molar-refractivity contribution in [3.63, 3.8) is 0 Å². The topological polar surface area (TPSA) is 134 Å². The van der Waals surface area contributed by atoms with Gasteiger partial charge in [0, 0.05) is 5.56 Å². The molecule has 0 saturated heterocycles. The molecule has 0 aliphatic carbocycles. The Balaban J connectivity index is 1.63. The zero-order chi connectivity index (χ0) is 22.0. The molecule has 0 radical (unpaired) electrons. The molecule has 1 heterocycles. The first-order chi connectivity index (χ1) is 14.8. The largest absolute Gasteiger partial charge is 0.508 e. The van der Waals surface area contributed by atoms with E-state index in [0.717, 1.165) is 11.1 Å². The fourth-order valence-corrected chi connectivity index (χ4v) is 3.61. The molecular formula is C22H18N4O4S. The third kappa shape index (κ3) is 4.47. The van der Waals surface area contributed by atoms with Crippen LogP contribution < -0.4 is 15.9 Å². The Hall–Kier alpha value is -3.95. The van der Waals surface area contributed by atoms with E-state index < -0.39 is 10.0 Å². The van der Waals surface area contributed by atoms with Gasteiger partial charge < -0.3 is 10.4 Å². The lowest BCUT2D eigenvalue weighted by atomic mass is 10.0. The summed E-state index contributed by atoms with van der Waals surface area (Å²) in [4.78, 5) is 12.5. The lowest BCUT2D eigenvalue weighted by molar-refractivity contribution is -0.110. The van der Waals surface area contributed by atoms with Crippen molar-refractivity contribution >= 4 is 45.2 Å². The summed E-state index contributed by atoms with van der Waals surface area (Å²) in [6.07, 6.45) is 3.73. The number of fused-ring (bicyclic) bond motifs is 1. The number of primary sulfonamides is 1. The van der Waals surface area contributed by atoms with Gasteiger partial charge in [-0.2, -0.15) is 5.10 Å². The first kappa shape index (κ1) is 20.3. The molecule has 4 rings (SSSR count). The maximum absolute atomic E-state index is 12.5. The van der Waals surface area contributed by atoms with Crippen LogP contribution in [0.15, 0.2) is 76.7 Å². The van der Waals surface area contributed by atoms with Gasteiger partial charge in [0.15, 0.2) is 5.71 Å². The molecule has 8 nitrogen and oxygen atoms in total. The molecule has 3 aromatic carbocycles.